The Balaban J connectivity index is 0.000000186. The molecule has 0 saturated carbocycles. The number of aryl methyl sites for hydroxylation is 2. The predicted octanol–water partition coefficient (Wildman–Crippen LogP) is 4.83. The first-order valence-electron chi connectivity index (χ1n) is 13.4. The van der Waals surface area contributed by atoms with E-state index in [-0.39, 0.29) is 43.3 Å². The van der Waals surface area contributed by atoms with Gasteiger partial charge in [0, 0.05) is 60.7 Å². The summed E-state index contributed by atoms with van der Waals surface area (Å²) in [5.41, 5.74) is 5.91. The van der Waals surface area contributed by atoms with Crippen LogP contribution in [0.15, 0.2) is 60.8 Å². The van der Waals surface area contributed by atoms with Crippen LogP contribution >= 0.6 is 0 Å². The van der Waals surface area contributed by atoms with Crippen molar-refractivity contribution < 1.29 is 51.2 Å². The smallest absolute Gasteiger partial charge is 0.413 e. The zero-order valence-electron chi connectivity index (χ0n) is 25.6. The van der Waals surface area contributed by atoms with E-state index in [1.807, 2.05) is 50.9 Å². The summed E-state index contributed by atoms with van der Waals surface area (Å²) >= 11 is 0. The van der Waals surface area contributed by atoms with E-state index in [9.17, 15) is 22.0 Å². The Morgan fingerprint density at radius 2 is 1.28 bits per heavy atom. The largest absolute Gasteiger partial charge is 0.429 e. The van der Waals surface area contributed by atoms with Crippen molar-refractivity contribution in [2.75, 3.05) is 0 Å². The van der Waals surface area contributed by atoms with Gasteiger partial charge in [-0.1, -0.05) is 17.4 Å². The number of aromatic nitrogens is 8. The van der Waals surface area contributed by atoms with Crippen molar-refractivity contribution in [3.63, 3.8) is 0 Å². The van der Waals surface area contributed by atoms with Gasteiger partial charge in [0.2, 0.25) is 12.7 Å². The second kappa shape index (κ2) is 15.2. The second-order valence-electron chi connectivity index (χ2n) is 9.79. The normalized spacial score (nSPS) is 10.8. The Morgan fingerprint density at radius 1 is 0.783 bits per heavy atom. The van der Waals surface area contributed by atoms with Crippen LogP contribution in [-0.4, -0.2) is 24.2 Å². The molecule has 0 amide bonds. The fraction of sp³-hybridized carbons (Fsp3) is 0.219. The van der Waals surface area contributed by atoms with Crippen LogP contribution in [0.2, 0.25) is 0 Å². The molecule has 0 aliphatic heterocycles. The minimum Gasteiger partial charge on any atom is -0.413 e. The van der Waals surface area contributed by atoms with E-state index < -0.39 is 12.0 Å². The molecule has 0 N–H and O–H groups in total. The van der Waals surface area contributed by atoms with Gasteiger partial charge in [-0.05, 0) is 45.7 Å². The molecule has 0 saturated heterocycles. The SMILES string of the molecule is Cc1c(C)[n+](C)[c-]n1-c1[c-]ccc(F)c1.Cc1c(C)[n+](C)[c-]n1-c1[c-]ccc(F)c1.FC(F)(F)c1n[n-]c(-c2ccccn2)n1.[Ir]. The number of benzene rings is 2. The molecule has 0 aliphatic carbocycles. The third-order valence-corrected chi connectivity index (χ3v) is 6.80. The summed E-state index contributed by atoms with van der Waals surface area (Å²) in [6.45, 7) is 7.96. The topological polar surface area (TPSA) is 70.4 Å². The first-order chi connectivity index (χ1) is 21.3. The summed E-state index contributed by atoms with van der Waals surface area (Å²) in [4.78, 5) is 7.05. The minimum atomic E-state index is -4.57. The molecule has 14 heteroatoms. The Morgan fingerprint density at radius 3 is 1.63 bits per heavy atom. The third-order valence-electron chi connectivity index (χ3n) is 6.80. The summed E-state index contributed by atoms with van der Waals surface area (Å²) in [7, 11) is 3.83. The Kier molecular flexibility index (Phi) is 11.8. The Bertz CT molecular complexity index is 1800. The first-order valence-corrected chi connectivity index (χ1v) is 13.4. The third kappa shape index (κ3) is 8.58. The summed E-state index contributed by atoms with van der Waals surface area (Å²) < 4.78 is 69.8. The molecule has 6 rings (SSSR count). The number of nitrogens with zero attached hydrogens (tertiary/aromatic N) is 8. The van der Waals surface area contributed by atoms with Crippen molar-refractivity contribution in [1.29, 1.82) is 0 Å². The molecule has 0 atom stereocenters. The van der Waals surface area contributed by atoms with Gasteiger partial charge in [-0.25, -0.2) is 8.78 Å². The maximum atomic E-state index is 13.0. The number of imidazole rings is 2. The molecule has 0 aliphatic rings. The molecule has 4 aromatic heterocycles. The first kappa shape index (κ1) is 35.9. The maximum Gasteiger partial charge on any atom is 0.429 e. The number of pyridine rings is 1. The molecule has 0 bridgehead atoms. The fourth-order valence-corrected chi connectivity index (χ4v) is 3.95. The molecular weight excluding hydrogens is 784 g/mol. The van der Waals surface area contributed by atoms with Crippen LogP contribution in [0.5, 0.6) is 0 Å². The van der Waals surface area contributed by atoms with Gasteiger partial charge in [-0.2, -0.15) is 37.4 Å². The van der Waals surface area contributed by atoms with Gasteiger partial charge >= 0.3 is 6.18 Å². The van der Waals surface area contributed by atoms with Crippen LogP contribution in [0.4, 0.5) is 22.0 Å². The molecule has 2 aromatic carbocycles. The predicted molar refractivity (Wildman–Crippen MR) is 152 cm³/mol. The number of halogens is 5. The van der Waals surface area contributed by atoms with E-state index in [1.165, 1.54) is 36.5 Å². The molecule has 8 nitrogen and oxygen atoms in total. The molecule has 0 unspecified atom stereocenters. The Hall–Kier alpha value is -4.55. The van der Waals surface area contributed by atoms with Crippen LogP contribution in [-0.2, 0) is 40.4 Å². The van der Waals surface area contributed by atoms with Crippen molar-refractivity contribution in [2.24, 2.45) is 14.1 Å². The molecule has 4 heterocycles. The van der Waals surface area contributed by atoms with E-state index in [0.717, 1.165) is 22.8 Å². The average molecular weight is 812 g/mol. The number of alkyl halides is 3. The van der Waals surface area contributed by atoms with Crippen molar-refractivity contribution >= 4 is 0 Å². The van der Waals surface area contributed by atoms with Gasteiger partial charge < -0.3 is 28.4 Å². The van der Waals surface area contributed by atoms with Crippen molar-refractivity contribution in [3.8, 4) is 22.9 Å². The van der Waals surface area contributed by atoms with Gasteiger partial charge in [0.15, 0.2) is 0 Å². The van der Waals surface area contributed by atoms with E-state index >= 15 is 0 Å². The zero-order chi connectivity index (χ0) is 32.9. The number of hydrogen-bond donors (Lipinski definition) is 0. The van der Waals surface area contributed by atoms with E-state index in [1.54, 1.807) is 33.4 Å². The van der Waals surface area contributed by atoms with Crippen molar-refractivity contribution in [3.05, 3.63) is 126 Å². The van der Waals surface area contributed by atoms with Gasteiger partial charge in [0.05, 0.1) is 19.8 Å². The zero-order valence-corrected chi connectivity index (χ0v) is 28.0. The molecule has 1 radical (unpaired) electrons. The summed E-state index contributed by atoms with van der Waals surface area (Å²) in [6.07, 6.45) is 3.06. The minimum absolute atomic E-state index is 0. The van der Waals surface area contributed by atoms with Gasteiger partial charge in [-0.15, -0.1) is 24.3 Å². The number of hydrogen-bond acceptors (Lipinski definition) is 3. The van der Waals surface area contributed by atoms with E-state index in [2.05, 4.69) is 45.0 Å². The summed E-state index contributed by atoms with van der Waals surface area (Å²) in [5, 5.41) is 6.25. The van der Waals surface area contributed by atoms with Crippen LogP contribution in [0.1, 0.15) is 28.6 Å². The van der Waals surface area contributed by atoms with Gasteiger partial charge in [-0.3, -0.25) is 10.1 Å². The van der Waals surface area contributed by atoms with E-state index in [4.69, 9.17) is 0 Å². The van der Waals surface area contributed by atoms with Crippen LogP contribution in [0.3, 0.4) is 0 Å². The molecule has 243 valence electrons. The quantitative estimate of drug-likeness (QED) is 0.146. The standard InChI is InChI=1S/2C12H12FN2.C8H4F3N4.Ir/c2*1-9-10(2)15(8-14(9)3)12-6-4-5-11(13)7-12;9-8(10,11)7-13-6(14-15-7)5-3-1-2-4-12-5;/h2*4-5,7H,1-3H3;1-4H;/q3*-1;. The summed E-state index contributed by atoms with van der Waals surface area (Å²) in [5.74, 6) is -1.89. The maximum absolute atomic E-state index is 13.0. The molecule has 46 heavy (non-hydrogen) atoms. The van der Waals surface area contributed by atoms with Gasteiger partial charge in [0.1, 0.15) is 5.82 Å². The van der Waals surface area contributed by atoms with Crippen LogP contribution < -0.4 is 14.2 Å². The van der Waals surface area contributed by atoms with Crippen molar-refractivity contribution in [2.45, 2.75) is 33.9 Å². The number of rotatable bonds is 3. The molecule has 0 fully saturated rings. The molecule has 6 aromatic rings. The average Bonchev–Trinajstić information content (AvgIpc) is 3.69. The van der Waals surface area contributed by atoms with Crippen LogP contribution in [0, 0.1) is 64.1 Å². The fourth-order valence-electron chi connectivity index (χ4n) is 3.95. The van der Waals surface area contributed by atoms with E-state index in [0.29, 0.717) is 11.4 Å². The Labute approximate surface area is 276 Å². The second-order valence-corrected chi connectivity index (χ2v) is 9.79. The van der Waals surface area contributed by atoms with Crippen molar-refractivity contribution in [1.82, 2.24) is 29.3 Å². The molecule has 0 spiro atoms. The molecular formula is C32H28F5IrN8-3. The monoisotopic (exact) mass is 812 g/mol. The summed E-state index contributed by atoms with van der Waals surface area (Å²) in [6, 6.07) is 19.6. The van der Waals surface area contributed by atoms with Crippen LogP contribution in [0.25, 0.3) is 22.9 Å². The van der Waals surface area contributed by atoms with Gasteiger partial charge in [0.25, 0.3) is 0 Å².